The van der Waals surface area contributed by atoms with Crippen molar-refractivity contribution in [1.29, 1.82) is 0 Å². The SMILES string of the molecule is CS(=O)(=O)Cc1nc(C(=O)O)cc(=O)[nH]1. The molecule has 0 fully saturated rings. The molecule has 1 heterocycles. The Morgan fingerprint density at radius 2 is 2.20 bits per heavy atom. The first-order valence-corrected chi connectivity index (χ1v) is 5.85. The second-order valence-electron chi connectivity index (χ2n) is 2.95. The number of H-pyrrole nitrogens is 1. The zero-order valence-corrected chi connectivity index (χ0v) is 8.54. The maximum absolute atomic E-state index is 10.9. The number of aromatic carboxylic acids is 1. The molecule has 0 radical (unpaired) electrons. The molecule has 0 atom stereocenters. The number of carboxylic acid groups (broad SMARTS) is 1. The molecule has 0 aliphatic rings. The summed E-state index contributed by atoms with van der Waals surface area (Å²) in [7, 11) is -3.36. The van der Waals surface area contributed by atoms with Gasteiger partial charge in [-0.15, -0.1) is 0 Å². The van der Waals surface area contributed by atoms with Crippen molar-refractivity contribution < 1.29 is 18.3 Å². The Morgan fingerprint density at radius 3 is 2.67 bits per heavy atom. The van der Waals surface area contributed by atoms with E-state index in [1.807, 2.05) is 0 Å². The average Bonchev–Trinajstić information content (AvgIpc) is 1.99. The monoisotopic (exact) mass is 232 g/mol. The van der Waals surface area contributed by atoms with Crippen molar-refractivity contribution in [2.24, 2.45) is 0 Å². The zero-order valence-electron chi connectivity index (χ0n) is 7.72. The number of carboxylic acids is 1. The molecule has 0 aliphatic carbocycles. The van der Waals surface area contributed by atoms with Crippen LogP contribution in [0.15, 0.2) is 10.9 Å². The van der Waals surface area contributed by atoms with Gasteiger partial charge in [0.1, 0.15) is 11.6 Å². The van der Waals surface area contributed by atoms with Gasteiger partial charge >= 0.3 is 5.97 Å². The highest BCUT2D eigenvalue weighted by Crippen LogP contribution is 1.97. The van der Waals surface area contributed by atoms with E-state index in [1.54, 1.807) is 0 Å². The molecule has 0 aliphatic heterocycles. The molecule has 0 saturated carbocycles. The summed E-state index contributed by atoms with van der Waals surface area (Å²) in [4.78, 5) is 27.1. The summed E-state index contributed by atoms with van der Waals surface area (Å²) in [6.45, 7) is 0. The second-order valence-corrected chi connectivity index (χ2v) is 5.09. The molecule has 2 N–H and O–H groups in total. The van der Waals surface area contributed by atoms with E-state index in [-0.39, 0.29) is 5.82 Å². The van der Waals surface area contributed by atoms with Gasteiger partial charge in [0, 0.05) is 12.3 Å². The van der Waals surface area contributed by atoms with Crippen LogP contribution in [0.4, 0.5) is 0 Å². The van der Waals surface area contributed by atoms with Crippen LogP contribution in [-0.2, 0) is 15.6 Å². The number of carbonyl (C=O) groups is 1. The molecule has 8 heteroatoms. The Hall–Kier alpha value is -1.70. The fraction of sp³-hybridized carbons (Fsp3) is 0.286. The summed E-state index contributed by atoms with van der Waals surface area (Å²) in [5.74, 6) is -2.05. The number of hydrogen-bond acceptors (Lipinski definition) is 5. The standard InChI is InChI=1S/C7H8N2O5S/c1-15(13,14)3-5-8-4(7(11)12)2-6(10)9-5/h2H,3H2,1H3,(H,11,12)(H,8,9,10). The zero-order chi connectivity index (χ0) is 11.6. The van der Waals surface area contributed by atoms with Crippen LogP contribution in [0.1, 0.15) is 16.3 Å². The van der Waals surface area contributed by atoms with E-state index in [4.69, 9.17) is 5.11 Å². The molecule has 0 spiro atoms. The van der Waals surface area contributed by atoms with Crippen LogP contribution in [0.25, 0.3) is 0 Å². The van der Waals surface area contributed by atoms with Gasteiger partial charge < -0.3 is 10.1 Å². The lowest BCUT2D eigenvalue weighted by molar-refractivity contribution is 0.0689. The van der Waals surface area contributed by atoms with Crippen LogP contribution < -0.4 is 5.56 Å². The number of nitrogens with one attached hydrogen (secondary N) is 1. The minimum atomic E-state index is -3.36. The van der Waals surface area contributed by atoms with Crippen molar-refractivity contribution in [2.75, 3.05) is 6.26 Å². The third-order valence-electron chi connectivity index (χ3n) is 1.41. The van der Waals surface area contributed by atoms with Gasteiger partial charge in [-0.25, -0.2) is 18.2 Å². The van der Waals surface area contributed by atoms with Crippen molar-refractivity contribution in [3.8, 4) is 0 Å². The summed E-state index contributed by atoms with van der Waals surface area (Å²) in [5, 5.41) is 8.57. The van der Waals surface area contributed by atoms with Gasteiger partial charge in [-0.2, -0.15) is 0 Å². The molecule has 0 unspecified atom stereocenters. The molecule has 1 aromatic heterocycles. The summed E-state index contributed by atoms with van der Waals surface area (Å²) in [6.07, 6.45) is 0.959. The highest BCUT2D eigenvalue weighted by atomic mass is 32.2. The first-order valence-electron chi connectivity index (χ1n) is 3.79. The number of rotatable bonds is 3. The van der Waals surface area contributed by atoms with Gasteiger partial charge in [-0.3, -0.25) is 4.79 Å². The number of hydrogen-bond donors (Lipinski definition) is 2. The van der Waals surface area contributed by atoms with E-state index < -0.39 is 32.8 Å². The lowest BCUT2D eigenvalue weighted by Crippen LogP contribution is -2.17. The van der Waals surface area contributed by atoms with Crippen molar-refractivity contribution in [2.45, 2.75) is 5.75 Å². The van der Waals surface area contributed by atoms with Crippen molar-refractivity contribution in [1.82, 2.24) is 9.97 Å². The molecule has 0 amide bonds. The summed E-state index contributed by atoms with van der Waals surface area (Å²) >= 11 is 0. The number of aromatic amines is 1. The van der Waals surface area contributed by atoms with Crippen LogP contribution in [0.2, 0.25) is 0 Å². The van der Waals surface area contributed by atoms with E-state index in [1.165, 1.54) is 0 Å². The van der Waals surface area contributed by atoms with Crippen molar-refractivity contribution in [3.63, 3.8) is 0 Å². The topological polar surface area (TPSA) is 117 Å². The highest BCUT2D eigenvalue weighted by Gasteiger charge is 2.11. The van der Waals surface area contributed by atoms with E-state index in [9.17, 15) is 18.0 Å². The third kappa shape index (κ3) is 3.50. The molecule has 82 valence electrons. The first-order chi connectivity index (χ1) is 6.78. The quantitative estimate of drug-likeness (QED) is 0.691. The Kier molecular flexibility index (Phi) is 2.89. The molecule has 1 aromatic rings. The second kappa shape index (κ2) is 3.81. The average molecular weight is 232 g/mol. The Bertz CT molecular complexity index is 545. The summed E-state index contributed by atoms with van der Waals surface area (Å²) in [6, 6.07) is 0.786. The van der Waals surface area contributed by atoms with Gasteiger partial charge in [0.2, 0.25) is 0 Å². The minimum absolute atomic E-state index is 0.178. The largest absolute Gasteiger partial charge is 0.477 e. The van der Waals surface area contributed by atoms with Gasteiger partial charge in [-0.05, 0) is 0 Å². The van der Waals surface area contributed by atoms with Crippen LogP contribution in [0.3, 0.4) is 0 Å². The Balaban J connectivity index is 3.21. The van der Waals surface area contributed by atoms with Crippen molar-refractivity contribution >= 4 is 15.8 Å². The van der Waals surface area contributed by atoms with Gasteiger partial charge in [0.15, 0.2) is 15.5 Å². The Morgan fingerprint density at radius 1 is 1.60 bits per heavy atom. The molecule has 7 nitrogen and oxygen atoms in total. The first kappa shape index (κ1) is 11.4. The fourth-order valence-electron chi connectivity index (χ4n) is 0.934. The predicted molar refractivity (Wildman–Crippen MR) is 50.4 cm³/mol. The molecule has 0 aromatic carbocycles. The number of aromatic nitrogens is 2. The lowest BCUT2D eigenvalue weighted by atomic mass is 10.4. The summed E-state index contributed by atoms with van der Waals surface area (Å²) in [5.41, 5.74) is -1.17. The lowest BCUT2D eigenvalue weighted by Gasteiger charge is -1.99. The molecule has 0 saturated heterocycles. The normalized spacial score (nSPS) is 11.3. The smallest absolute Gasteiger partial charge is 0.354 e. The van der Waals surface area contributed by atoms with E-state index >= 15 is 0 Å². The summed E-state index contributed by atoms with van der Waals surface area (Å²) < 4.78 is 21.8. The molecular formula is C7H8N2O5S. The van der Waals surface area contributed by atoms with Crippen LogP contribution in [-0.4, -0.2) is 35.7 Å². The predicted octanol–water partition coefficient (Wildman–Crippen LogP) is -0.987. The van der Waals surface area contributed by atoms with Gasteiger partial charge in [0.25, 0.3) is 5.56 Å². The van der Waals surface area contributed by atoms with E-state index in [0.717, 1.165) is 12.3 Å². The molecule has 15 heavy (non-hydrogen) atoms. The van der Waals surface area contributed by atoms with Crippen molar-refractivity contribution in [3.05, 3.63) is 27.9 Å². The maximum atomic E-state index is 10.9. The maximum Gasteiger partial charge on any atom is 0.354 e. The number of nitrogens with zero attached hydrogens (tertiary/aromatic N) is 1. The van der Waals surface area contributed by atoms with Crippen LogP contribution in [0, 0.1) is 0 Å². The van der Waals surface area contributed by atoms with E-state index in [0.29, 0.717) is 0 Å². The third-order valence-corrected chi connectivity index (χ3v) is 2.21. The van der Waals surface area contributed by atoms with Crippen LogP contribution >= 0.6 is 0 Å². The molecular weight excluding hydrogens is 224 g/mol. The highest BCUT2D eigenvalue weighted by molar-refractivity contribution is 7.89. The van der Waals surface area contributed by atoms with E-state index in [2.05, 4.69) is 9.97 Å². The van der Waals surface area contributed by atoms with Gasteiger partial charge in [0.05, 0.1) is 0 Å². The van der Waals surface area contributed by atoms with Gasteiger partial charge in [-0.1, -0.05) is 0 Å². The Labute approximate surface area is 84.7 Å². The van der Waals surface area contributed by atoms with Crippen LogP contribution in [0.5, 0.6) is 0 Å². The molecule has 1 rings (SSSR count). The number of sulfone groups is 1. The fourth-order valence-corrected chi connectivity index (χ4v) is 1.57. The molecule has 0 bridgehead atoms. The minimum Gasteiger partial charge on any atom is -0.477 e.